The molecule has 2 N–H and O–H groups in total. The number of amides is 1. The van der Waals surface area contributed by atoms with Gasteiger partial charge in [0, 0.05) is 6.54 Å². The number of aliphatic hydroxyl groups is 1. The van der Waals surface area contributed by atoms with Crippen molar-refractivity contribution in [3.05, 3.63) is 54.0 Å². The molecule has 3 rings (SSSR count). The Balaban J connectivity index is 1.45. The Morgan fingerprint density at radius 1 is 1.41 bits per heavy atom. The highest BCUT2D eigenvalue weighted by Gasteiger charge is 2.31. The first-order valence-electron chi connectivity index (χ1n) is 9.01. The molecule has 27 heavy (non-hydrogen) atoms. The third-order valence-electron chi connectivity index (χ3n) is 4.55. The van der Waals surface area contributed by atoms with Gasteiger partial charge in [0.05, 0.1) is 30.5 Å². The first kappa shape index (κ1) is 19.0. The number of likely N-dealkylation sites (tertiary alicyclic amines) is 1. The number of aliphatic hydroxyl groups excluding tert-OH is 1. The summed E-state index contributed by atoms with van der Waals surface area (Å²) in [6, 6.07) is 12.1. The van der Waals surface area contributed by atoms with Crippen molar-refractivity contribution in [3.8, 4) is 11.8 Å². The Bertz CT molecular complexity index is 768. The van der Waals surface area contributed by atoms with Crippen LogP contribution in [0.25, 0.3) is 0 Å². The Morgan fingerprint density at radius 3 is 2.93 bits per heavy atom. The van der Waals surface area contributed by atoms with Gasteiger partial charge in [-0.3, -0.25) is 9.69 Å². The summed E-state index contributed by atoms with van der Waals surface area (Å²) in [6.45, 7) is 1.63. The molecule has 2 aromatic rings. The average Bonchev–Trinajstić information content (AvgIpc) is 3.37. The lowest BCUT2D eigenvalue weighted by atomic mass is 10.2. The summed E-state index contributed by atoms with van der Waals surface area (Å²) in [4.78, 5) is 14.4. The molecule has 2 unspecified atom stereocenters. The van der Waals surface area contributed by atoms with E-state index in [9.17, 15) is 9.90 Å². The Kier molecular flexibility index (Phi) is 6.47. The molecular formula is C20H23N3O4. The van der Waals surface area contributed by atoms with Crippen molar-refractivity contribution in [2.75, 3.05) is 19.7 Å². The van der Waals surface area contributed by atoms with E-state index in [1.54, 1.807) is 36.6 Å². The van der Waals surface area contributed by atoms with Gasteiger partial charge in [0.15, 0.2) is 0 Å². The zero-order valence-electron chi connectivity index (χ0n) is 15.0. The maximum Gasteiger partial charge on any atom is 0.237 e. The number of hydrogen-bond acceptors (Lipinski definition) is 6. The van der Waals surface area contributed by atoms with Gasteiger partial charge in [-0.05, 0) is 55.8 Å². The van der Waals surface area contributed by atoms with Crippen LogP contribution in [0.15, 0.2) is 47.1 Å². The SMILES string of the molecule is N#Cc1ccc(OCC(O)CN2CCCC2C(=O)NCc2ccco2)cc1. The minimum atomic E-state index is -0.709. The summed E-state index contributed by atoms with van der Waals surface area (Å²) < 4.78 is 10.8. The molecule has 1 aromatic carbocycles. The van der Waals surface area contributed by atoms with Crippen molar-refractivity contribution in [1.29, 1.82) is 5.26 Å². The quantitative estimate of drug-likeness (QED) is 0.734. The van der Waals surface area contributed by atoms with Crippen LogP contribution >= 0.6 is 0 Å². The van der Waals surface area contributed by atoms with Gasteiger partial charge in [-0.2, -0.15) is 5.26 Å². The number of β-amino-alcohol motifs (C(OH)–C–C–N with tert-alkyl or cyclic N) is 1. The first-order valence-corrected chi connectivity index (χ1v) is 9.01. The monoisotopic (exact) mass is 369 g/mol. The zero-order valence-corrected chi connectivity index (χ0v) is 15.0. The molecule has 1 saturated heterocycles. The number of nitrogens with zero attached hydrogens (tertiary/aromatic N) is 2. The smallest absolute Gasteiger partial charge is 0.237 e. The maximum absolute atomic E-state index is 12.4. The number of hydrogen-bond donors (Lipinski definition) is 2. The van der Waals surface area contributed by atoms with E-state index >= 15 is 0 Å². The van der Waals surface area contributed by atoms with E-state index < -0.39 is 6.10 Å². The number of nitrogens with one attached hydrogen (secondary N) is 1. The lowest BCUT2D eigenvalue weighted by Crippen LogP contribution is -2.46. The van der Waals surface area contributed by atoms with Crippen molar-refractivity contribution >= 4 is 5.91 Å². The van der Waals surface area contributed by atoms with Crippen LogP contribution in [0.2, 0.25) is 0 Å². The van der Waals surface area contributed by atoms with Crippen LogP contribution in [-0.4, -0.2) is 47.8 Å². The van der Waals surface area contributed by atoms with Gasteiger partial charge >= 0.3 is 0 Å². The highest BCUT2D eigenvalue weighted by atomic mass is 16.5. The van der Waals surface area contributed by atoms with Crippen LogP contribution < -0.4 is 10.1 Å². The first-order chi connectivity index (χ1) is 13.2. The summed E-state index contributed by atoms with van der Waals surface area (Å²) in [5, 5.41) is 22.0. The van der Waals surface area contributed by atoms with Gasteiger partial charge < -0.3 is 19.6 Å². The molecule has 1 aromatic heterocycles. The Morgan fingerprint density at radius 2 is 2.22 bits per heavy atom. The Labute approximate surface area is 158 Å². The second-order valence-electron chi connectivity index (χ2n) is 6.55. The molecule has 1 amide bonds. The lowest BCUT2D eigenvalue weighted by Gasteiger charge is -2.26. The summed E-state index contributed by atoms with van der Waals surface area (Å²) in [7, 11) is 0. The van der Waals surface area contributed by atoms with E-state index in [1.165, 1.54) is 0 Å². The van der Waals surface area contributed by atoms with Crippen molar-refractivity contribution in [2.45, 2.75) is 31.5 Å². The topological polar surface area (TPSA) is 98.7 Å². The summed E-state index contributed by atoms with van der Waals surface area (Å²) in [5.74, 6) is 1.26. The molecule has 1 aliphatic rings. The van der Waals surface area contributed by atoms with Crippen LogP contribution in [0.4, 0.5) is 0 Å². The van der Waals surface area contributed by atoms with Gasteiger partial charge in [-0.15, -0.1) is 0 Å². The van der Waals surface area contributed by atoms with E-state index in [0.717, 1.165) is 19.4 Å². The summed E-state index contributed by atoms with van der Waals surface area (Å²) in [5.41, 5.74) is 0.559. The second kappa shape index (κ2) is 9.21. The highest BCUT2D eigenvalue weighted by molar-refractivity contribution is 5.81. The van der Waals surface area contributed by atoms with Crippen LogP contribution in [0, 0.1) is 11.3 Å². The van der Waals surface area contributed by atoms with Gasteiger partial charge in [-0.25, -0.2) is 0 Å². The van der Waals surface area contributed by atoms with Gasteiger partial charge in [-0.1, -0.05) is 0 Å². The van der Waals surface area contributed by atoms with E-state index in [1.807, 2.05) is 17.0 Å². The van der Waals surface area contributed by atoms with E-state index in [-0.39, 0.29) is 18.6 Å². The molecule has 7 nitrogen and oxygen atoms in total. The molecule has 0 bridgehead atoms. The van der Waals surface area contributed by atoms with Gasteiger partial charge in [0.1, 0.15) is 24.2 Å². The maximum atomic E-state index is 12.4. The molecular weight excluding hydrogens is 346 g/mol. The fourth-order valence-electron chi connectivity index (χ4n) is 3.19. The molecule has 142 valence electrons. The molecule has 0 radical (unpaired) electrons. The van der Waals surface area contributed by atoms with Crippen LogP contribution in [0.1, 0.15) is 24.2 Å². The molecule has 2 atom stereocenters. The number of carbonyl (C=O) groups is 1. The van der Waals surface area contributed by atoms with E-state index in [0.29, 0.717) is 30.2 Å². The summed E-state index contributed by atoms with van der Waals surface area (Å²) in [6.07, 6.45) is 2.56. The van der Waals surface area contributed by atoms with Crippen LogP contribution in [0.3, 0.4) is 0 Å². The third kappa shape index (κ3) is 5.33. The zero-order chi connectivity index (χ0) is 19.1. The number of carbonyl (C=O) groups excluding carboxylic acids is 1. The molecule has 0 spiro atoms. The van der Waals surface area contributed by atoms with Crippen molar-refractivity contribution in [2.24, 2.45) is 0 Å². The lowest BCUT2D eigenvalue weighted by molar-refractivity contribution is -0.126. The van der Waals surface area contributed by atoms with Crippen LogP contribution in [-0.2, 0) is 11.3 Å². The van der Waals surface area contributed by atoms with Crippen molar-refractivity contribution in [3.63, 3.8) is 0 Å². The van der Waals surface area contributed by atoms with Gasteiger partial charge in [0.2, 0.25) is 5.91 Å². The second-order valence-corrected chi connectivity index (χ2v) is 6.55. The highest BCUT2D eigenvalue weighted by Crippen LogP contribution is 2.18. The number of ether oxygens (including phenoxy) is 1. The van der Waals surface area contributed by atoms with E-state index in [2.05, 4.69) is 5.32 Å². The van der Waals surface area contributed by atoms with Crippen LogP contribution in [0.5, 0.6) is 5.75 Å². The number of rotatable bonds is 8. The molecule has 0 saturated carbocycles. The molecule has 7 heteroatoms. The predicted octanol–water partition coefficient (Wildman–Crippen LogP) is 1.67. The third-order valence-corrected chi connectivity index (χ3v) is 4.55. The normalized spacial score (nSPS) is 18.0. The molecule has 2 heterocycles. The minimum Gasteiger partial charge on any atom is -0.491 e. The fourth-order valence-corrected chi connectivity index (χ4v) is 3.19. The minimum absolute atomic E-state index is 0.0517. The predicted molar refractivity (Wildman–Crippen MR) is 97.8 cm³/mol. The fraction of sp³-hybridized carbons (Fsp3) is 0.400. The average molecular weight is 369 g/mol. The molecule has 0 aliphatic carbocycles. The largest absolute Gasteiger partial charge is 0.491 e. The Hall–Kier alpha value is -2.82. The molecule has 1 fully saturated rings. The van der Waals surface area contributed by atoms with Gasteiger partial charge in [0.25, 0.3) is 0 Å². The van der Waals surface area contributed by atoms with Crippen molar-refractivity contribution in [1.82, 2.24) is 10.2 Å². The van der Waals surface area contributed by atoms with Crippen molar-refractivity contribution < 1.29 is 19.1 Å². The number of nitriles is 1. The summed E-state index contributed by atoms with van der Waals surface area (Å²) >= 11 is 0. The number of furan rings is 1. The molecule has 1 aliphatic heterocycles. The standard InChI is InChI=1S/C20H23N3O4/c21-11-15-5-7-17(8-6-15)27-14-16(24)13-23-9-1-4-19(23)20(25)22-12-18-3-2-10-26-18/h2-3,5-8,10,16,19,24H,1,4,9,12-14H2,(H,22,25). The number of benzene rings is 1. The van der Waals surface area contributed by atoms with E-state index in [4.69, 9.17) is 14.4 Å².